The van der Waals surface area contributed by atoms with E-state index >= 15 is 0 Å². The summed E-state index contributed by atoms with van der Waals surface area (Å²) in [6.45, 7) is 2.77. The second-order valence-corrected chi connectivity index (χ2v) is 9.38. The van der Waals surface area contributed by atoms with E-state index in [1.807, 2.05) is 25.1 Å². The number of carbonyl (C=O) groups is 2. The van der Waals surface area contributed by atoms with Crippen molar-refractivity contribution in [1.29, 1.82) is 0 Å². The summed E-state index contributed by atoms with van der Waals surface area (Å²) in [6.07, 6.45) is 4.22. The molecule has 1 aromatic carbocycles. The van der Waals surface area contributed by atoms with E-state index in [-0.39, 0.29) is 23.7 Å². The Morgan fingerprint density at radius 3 is 2.97 bits per heavy atom. The molecular formula is C26H24FN3O3S. The Hall–Kier alpha value is -3.52. The average molecular weight is 478 g/mol. The highest BCUT2D eigenvalue weighted by molar-refractivity contribution is 7.12. The van der Waals surface area contributed by atoms with E-state index in [1.54, 1.807) is 34.7 Å². The molecule has 0 unspecified atom stereocenters. The van der Waals surface area contributed by atoms with Crippen LogP contribution in [0.25, 0.3) is 22.6 Å². The Morgan fingerprint density at radius 2 is 2.12 bits per heavy atom. The number of amides is 2. The molecule has 1 aromatic heterocycles. The predicted octanol–water partition coefficient (Wildman–Crippen LogP) is 5.38. The molecule has 1 N–H and O–H groups in total. The van der Waals surface area contributed by atoms with Crippen molar-refractivity contribution in [2.24, 2.45) is 0 Å². The molecule has 174 valence electrons. The van der Waals surface area contributed by atoms with Crippen LogP contribution in [0.5, 0.6) is 0 Å². The molecule has 6 nitrogen and oxygen atoms in total. The summed E-state index contributed by atoms with van der Waals surface area (Å²) in [5.74, 6) is -0.212. The number of hydrogen-bond donors (Lipinski definition) is 1. The lowest BCUT2D eigenvalue weighted by atomic mass is 10.0. The van der Waals surface area contributed by atoms with Crippen molar-refractivity contribution in [3.8, 4) is 22.6 Å². The van der Waals surface area contributed by atoms with Crippen molar-refractivity contribution in [2.75, 3.05) is 13.1 Å². The number of fused-ring (bicyclic) bond motifs is 1. The van der Waals surface area contributed by atoms with Crippen LogP contribution in [0.1, 0.15) is 45.0 Å². The summed E-state index contributed by atoms with van der Waals surface area (Å²) in [5.41, 5.74) is 3.02. The maximum atomic E-state index is 14.4. The van der Waals surface area contributed by atoms with E-state index in [2.05, 4.69) is 10.3 Å². The molecule has 0 bridgehead atoms. The van der Waals surface area contributed by atoms with Gasteiger partial charge in [0, 0.05) is 35.6 Å². The maximum absolute atomic E-state index is 14.4. The maximum Gasteiger partial charge on any atom is 0.283 e. The van der Waals surface area contributed by atoms with E-state index in [0.717, 1.165) is 30.4 Å². The molecule has 2 amide bonds. The number of nitrogens with zero attached hydrogens (tertiary/aromatic N) is 2. The predicted molar refractivity (Wildman–Crippen MR) is 129 cm³/mol. The third kappa shape index (κ3) is 4.33. The molecule has 1 fully saturated rings. The Balaban J connectivity index is 1.29. The summed E-state index contributed by atoms with van der Waals surface area (Å²) in [7, 11) is 0. The minimum Gasteiger partial charge on any atom is -0.464 e. The Morgan fingerprint density at radius 1 is 1.24 bits per heavy atom. The van der Waals surface area contributed by atoms with Crippen LogP contribution in [0, 0.1) is 12.7 Å². The number of thiazole rings is 1. The molecule has 1 aliphatic carbocycles. The number of rotatable bonds is 5. The van der Waals surface area contributed by atoms with Gasteiger partial charge in [-0.05, 0) is 62.1 Å². The molecule has 2 aromatic rings. The highest BCUT2D eigenvalue weighted by atomic mass is 32.1. The first-order valence-corrected chi connectivity index (χ1v) is 12.2. The molecule has 5 rings (SSSR count). The third-order valence-electron chi connectivity index (χ3n) is 6.20. The molecule has 0 spiro atoms. The van der Waals surface area contributed by atoms with E-state index in [9.17, 15) is 14.0 Å². The van der Waals surface area contributed by atoms with Crippen molar-refractivity contribution in [3.05, 3.63) is 76.1 Å². The zero-order valence-electron chi connectivity index (χ0n) is 18.7. The van der Waals surface area contributed by atoms with Gasteiger partial charge >= 0.3 is 0 Å². The third-order valence-corrected chi connectivity index (χ3v) is 7.03. The quantitative estimate of drug-likeness (QED) is 0.419. The van der Waals surface area contributed by atoms with Gasteiger partial charge in [0.2, 0.25) is 0 Å². The molecular weight excluding hydrogens is 453 g/mol. The lowest BCUT2D eigenvalue weighted by Crippen LogP contribution is -2.49. The summed E-state index contributed by atoms with van der Waals surface area (Å²) < 4.78 is 19.9. The minimum absolute atomic E-state index is 0.133. The highest BCUT2D eigenvalue weighted by Gasteiger charge is 2.30. The Labute approximate surface area is 200 Å². The number of hydrogen-bond acceptors (Lipinski definition) is 5. The van der Waals surface area contributed by atoms with E-state index in [0.29, 0.717) is 40.7 Å². The van der Waals surface area contributed by atoms with Crippen molar-refractivity contribution in [2.45, 2.75) is 32.2 Å². The van der Waals surface area contributed by atoms with Crippen LogP contribution < -0.4 is 5.32 Å². The van der Waals surface area contributed by atoms with Crippen LogP contribution in [-0.2, 0) is 0 Å². The molecule has 0 radical (unpaired) electrons. The van der Waals surface area contributed by atoms with Gasteiger partial charge in [0.05, 0.1) is 17.5 Å². The van der Waals surface area contributed by atoms with Gasteiger partial charge in [-0.1, -0.05) is 12.1 Å². The molecule has 3 heterocycles. The monoisotopic (exact) mass is 477 g/mol. The number of halogens is 1. The summed E-state index contributed by atoms with van der Waals surface area (Å²) in [5, 5.41) is 5.01. The van der Waals surface area contributed by atoms with Crippen molar-refractivity contribution >= 4 is 23.2 Å². The molecule has 1 saturated heterocycles. The summed E-state index contributed by atoms with van der Waals surface area (Å²) in [6, 6.07) is 12.1. The SMILES string of the molecule is Cc1ccc(-c2csc(C(=O)N3CCCC[C@H]3CNC(=O)c3ccc4cccoc3-4)n2)c(F)c1. The van der Waals surface area contributed by atoms with Gasteiger partial charge in [0.15, 0.2) is 5.01 Å². The first-order chi connectivity index (χ1) is 16.5. The van der Waals surface area contributed by atoms with Crippen molar-refractivity contribution in [1.82, 2.24) is 15.2 Å². The van der Waals surface area contributed by atoms with Crippen LogP contribution >= 0.6 is 11.3 Å². The van der Waals surface area contributed by atoms with Crippen LogP contribution in [0.15, 0.2) is 58.5 Å². The van der Waals surface area contributed by atoms with E-state index < -0.39 is 0 Å². The van der Waals surface area contributed by atoms with Gasteiger partial charge in [-0.25, -0.2) is 9.37 Å². The fourth-order valence-corrected chi connectivity index (χ4v) is 5.18. The summed E-state index contributed by atoms with van der Waals surface area (Å²) in [4.78, 5) is 32.3. The van der Waals surface area contributed by atoms with Crippen LogP contribution in [0.4, 0.5) is 4.39 Å². The first-order valence-electron chi connectivity index (χ1n) is 11.3. The number of aromatic nitrogens is 1. The number of likely N-dealkylation sites (tertiary alicyclic amines) is 1. The van der Waals surface area contributed by atoms with Crippen molar-refractivity contribution < 1.29 is 18.4 Å². The molecule has 2 aliphatic heterocycles. The topological polar surface area (TPSA) is 75.4 Å². The standard InChI is InChI=1S/C26H24FN3O3S/c1-16-7-9-19(21(27)13-16)22-15-34-25(29-22)26(32)30-11-3-2-6-18(30)14-28-24(31)20-10-8-17-5-4-12-33-23(17)20/h4-5,7-10,12-13,15,18H,2-3,6,11,14H2,1H3,(H,28,31)/t18-/m0/s1. The Kier molecular flexibility index (Phi) is 6.15. The highest BCUT2D eigenvalue weighted by Crippen LogP contribution is 2.29. The summed E-state index contributed by atoms with van der Waals surface area (Å²) >= 11 is 1.22. The van der Waals surface area contributed by atoms with Gasteiger partial charge in [-0.3, -0.25) is 9.59 Å². The van der Waals surface area contributed by atoms with Crippen LogP contribution in [0.3, 0.4) is 0 Å². The molecule has 3 aliphatic rings. The second-order valence-electron chi connectivity index (χ2n) is 8.52. The number of piperidine rings is 1. The zero-order chi connectivity index (χ0) is 23.7. The van der Waals surface area contributed by atoms with Crippen LogP contribution in [0.2, 0.25) is 0 Å². The lowest BCUT2D eigenvalue weighted by Gasteiger charge is -2.35. The lowest BCUT2D eigenvalue weighted by molar-refractivity contribution is 0.0602. The van der Waals surface area contributed by atoms with Gasteiger partial charge in [-0.15, -0.1) is 11.3 Å². The fraction of sp³-hybridized carbons (Fsp3) is 0.269. The number of carbonyl (C=O) groups excluding carboxylic acids is 2. The molecule has 0 saturated carbocycles. The fourth-order valence-electron chi connectivity index (χ4n) is 4.40. The Bertz CT molecular complexity index is 1310. The zero-order valence-corrected chi connectivity index (χ0v) is 19.5. The number of aryl methyl sites for hydroxylation is 1. The normalized spacial score (nSPS) is 16.1. The molecule has 34 heavy (non-hydrogen) atoms. The van der Waals surface area contributed by atoms with Crippen LogP contribution in [-0.4, -0.2) is 40.8 Å². The minimum atomic E-state index is -0.352. The van der Waals surface area contributed by atoms with E-state index in [1.165, 1.54) is 17.4 Å². The number of nitrogens with one attached hydrogen (secondary N) is 1. The second kappa shape index (κ2) is 9.38. The van der Waals surface area contributed by atoms with Crippen molar-refractivity contribution in [3.63, 3.8) is 0 Å². The molecule has 8 heteroatoms. The number of benzene rings is 1. The molecule has 1 atom stereocenters. The smallest absolute Gasteiger partial charge is 0.283 e. The van der Waals surface area contributed by atoms with Gasteiger partial charge in [0.1, 0.15) is 11.6 Å². The van der Waals surface area contributed by atoms with Gasteiger partial charge in [-0.2, -0.15) is 0 Å². The van der Waals surface area contributed by atoms with Gasteiger partial charge < -0.3 is 14.6 Å². The largest absolute Gasteiger partial charge is 0.464 e. The van der Waals surface area contributed by atoms with Gasteiger partial charge in [0.25, 0.3) is 11.8 Å². The van der Waals surface area contributed by atoms with E-state index in [4.69, 9.17) is 4.42 Å². The average Bonchev–Trinajstić information content (AvgIpc) is 3.50. The first kappa shape index (κ1) is 22.3.